The second-order valence-corrected chi connectivity index (χ2v) is 11.8. The molecule has 6 nitrogen and oxygen atoms in total. The van der Waals surface area contributed by atoms with Crippen molar-refractivity contribution in [3.05, 3.63) is 119 Å². The molecule has 0 radical (unpaired) electrons. The second kappa shape index (κ2) is 13.9. The van der Waals surface area contributed by atoms with Crippen LogP contribution in [0.3, 0.4) is 0 Å². The molecule has 0 spiro atoms. The van der Waals surface area contributed by atoms with Gasteiger partial charge in [-0.05, 0) is 79.6 Å². The van der Waals surface area contributed by atoms with Gasteiger partial charge in [-0.2, -0.15) is 0 Å². The van der Waals surface area contributed by atoms with Crippen molar-refractivity contribution in [1.82, 2.24) is 9.55 Å². The van der Waals surface area contributed by atoms with E-state index >= 15 is 0 Å². The van der Waals surface area contributed by atoms with E-state index in [4.69, 9.17) is 4.98 Å². The fourth-order valence-electron chi connectivity index (χ4n) is 5.55. The van der Waals surface area contributed by atoms with Gasteiger partial charge in [-0.25, -0.2) is 9.29 Å². The molecular weight excluding hydrogens is 554 g/mol. The summed E-state index contributed by atoms with van der Waals surface area (Å²) in [5.74, 6) is -0.599. The van der Waals surface area contributed by atoms with Crippen molar-refractivity contribution < 1.29 is 13.6 Å². The molecular formula is C36H38N3O3S-. The number of hydrogen-bond acceptors (Lipinski definition) is 4. The average molecular weight is 593 g/mol. The van der Waals surface area contributed by atoms with Gasteiger partial charge in [-0.3, -0.25) is 9.00 Å². The summed E-state index contributed by atoms with van der Waals surface area (Å²) in [5.41, 5.74) is 7.98. The summed E-state index contributed by atoms with van der Waals surface area (Å²) in [5, 5.41) is 1.21. The van der Waals surface area contributed by atoms with Crippen LogP contribution in [0, 0.1) is 6.92 Å². The van der Waals surface area contributed by atoms with Gasteiger partial charge in [0.2, 0.25) is 0 Å². The van der Waals surface area contributed by atoms with E-state index in [2.05, 4.69) is 49.6 Å². The zero-order chi connectivity index (χ0) is 30.3. The molecule has 0 bridgehead atoms. The van der Waals surface area contributed by atoms with Crippen LogP contribution in [-0.4, -0.2) is 24.2 Å². The summed E-state index contributed by atoms with van der Waals surface area (Å²) >= 11 is -2.80. The Balaban J connectivity index is 1.49. The molecule has 43 heavy (non-hydrogen) atoms. The van der Waals surface area contributed by atoms with Crippen LogP contribution >= 0.6 is 0 Å². The molecule has 5 aromatic rings. The number of carbonyl (C=O) groups is 1. The maximum atomic E-state index is 13.2. The minimum atomic E-state index is -2.80. The Morgan fingerprint density at radius 2 is 1.56 bits per heavy atom. The number of rotatable bonds is 12. The highest BCUT2D eigenvalue weighted by Gasteiger charge is 2.22. The van der Waals surface area contributed by atoms with Crippen LogP contribution in [0.15, 0.2) is 91.0 Å². The van der Waals surface area contributed by atoms with Gasteiger partial charge < -0.3 is 9.12 Å². The molecule has 7 heteroatoms. The van der Waals surface area contributed by atoms with E-state index in [0.29, 0.717) is 23.4 Å². The van der Waals surface area contributed by atoms with Crippen LogP contribution in [0.1, 0.15) is 72.4 Å². The molecule has 2 aromatic heterocycles. The Bertz CT molecular complexity index is 1730. The highest BCUT2D eigenvalue weighted by Crippen LogP contribution is 2.33. The Labute approximate surface area is 256 Å². The first kappa shape index (κ1) is 30.4. The van der Waals surface area contributed by atoms with Gasteiger partial charge >= 0.3 is 0 Å². The van der Waals surface area contributed by atoms with Crippen LogP contribution in [0.5, 0.6) is 0 Å². The number of benzene rings is 3. The highest BCUT2D eigenvalue weighted by atomic mass is 32.2. The molecule has 5 rings (SSSR count). The van der Waals surface area contributed by atoms with Crippen molar-refractivity contribution >= 4 is 33.9 Å². The lowest BCUT2D eigenvalue weighted by Crippen LogP contribution is -2.33. The van der Waals surface area contributed by atoms with Crippen LogP contribution in [-0.2, 0) is 30.7 Å². The number of amides is 1. The van der Waals surface area contributed by atoms with Crippen molar-refractivity contribution in [2.24, 2.45) is 0 Å². The lowest BCUT2D eigenvalue weighted by molar-refractivity contribution is 0.100. The Morgan fingerprint density at radius 1 is 0.884 bits per heavy atom. The van der Waals surface area contributed by atoms with Gasteiger partial charge in [-0.15, -0.1) is 0 Å². The third-order valence-corrected chi connectivity index (χ3v) is 8.53. The molecule has 0 N–H and O–H groups in total. The predicted molar refractivity (Wildman–Crippen MR) is 175 cm³/mol. The van der Waals surface area contributed by atoms with E-state index in [-0.39, 0.29) is 0 Å². The second-order valence-electron chi connectivity index (χ2n) is 11.0. The molecule has 0 saturated heterocycles. The van der Waals surface area contributed by atoms with Gasteiger partial charge in [0.25, 0.3) is 5.91 Å². The lowest BCUT2D eigenvalue weighted by atomic mass is 10.0. The molecule has 2 heterocycles. The van der Waals surface area contributed by atoms with Crippen LogP contribution in [0.2, 0.25) is 0 Å². The fourth-order valence-corrected chi connectivity index (χ4v) is 6.11. The van der Waals surface area contributed by atoms with Gasteiger partial charge in [0.1, 0.15) is 5.65 Å². The standard InChI is InChI=1S/C36H39N3O3S/c1-4-6-15-30-23-26(3)33-24-31(16-7-5-2)38(35(33)37-30)25-27-19-21-28(22-20-27)32-17-11-12-18-34(32)39(43(41)42)36(40)29-13-9-8-10-14-29/h8-14,17-24H,4-7,15-16,25H2,1-3H3,(H,41,42)/p-1. The first-order valence-corrected chi connectivity index (χ1v) is 16.1. The Kier molecular flexibility index (Phi) is 9.85. The number of carbonyl (C=O) groups excluding carboxylic acids is 1. The molecule has 3 aromatic carbocycles. The number of anilines is 1. The minimum Gasteiger partial charge on any atom is -0.755 e. The summed E-state index contributed by atoms with van der Waals surface area (Å²) in [6, 6.07) is 28.2. The van der Waals surface area contributed by atoms with Crippen molar-refractivity contribution in [3.8, 4) is 11.1 Å². The van der Waals surface area contributed by atoms with Crippen molar-refractivity contribution in [2.45, 2.75) is 65.8 Å². The van der Waals surface area contributed by atoms with E-state index in [1.54, 1.807) is 42.5 Å². The van der Waals surface area contributed by atoms with E-state index in [9.17, 15) is 13.6 Å². The first-order chi connectivity index (χ1) is 20.9. The molecule has 1 unspecified atom stereocenters. The van der Waals surface area contributed by atoms with E-state index in [1.807, 2.05) is 24.3 Å². The van der Waals surface area contributed by atoms with E-state index < -0.39 is 17.2 Å². The molecule has 0 aliphatic carbocycles. The molecule has 0 fully saturated rings. The summed E-state index contributed by atoms with van der Waals surface area (Å²) in [6.07, 6.45) is 6.49. The minimum absolute atomic E-state index is 0.302. The number of fused-ring (bicyclic) bond motifs is 1. The smallest absolute Gasteiger partial charge is 0.269 e. The lowest BCUT2D eigenvalue weighted by Gasteiger charge is -2.26. The molecule has 0 aliphatic heterocycles. The Morgan fingerprint density at radius 3 is 2.26 bits per heavy atom. The number of unbranched alkanes of at least 4 members (excludes halogenated alkanes) is 2. The van der Waals surface area contributed by atoms with Crippen LogP contribution < -0.4 is 4.31 Å². The van der Waals surface area contributed by atoms with Crippen LogP contribution in [0.4, 0.5) is 5.69 Å². The van der Waals surface area contributed by atoms with E-state index in [0.717, 1.165) is 65.3 Å². The number of nitrogens with zero attached hydrogens (tertiary/aromatic N) is 3. The molecule has 0 aliphatic rings. The summed E-state index contributed by atoms with van der Waals surface area (Å²) in [4.78, 5) is 18.4. The number of hydrogen-bond donors (Lipinski definition) is 0. The fraction of sp³-hybridized carbons (Fsp3) is 0.278. The zero-order valence-corrected chi connectivity index (χ0v) is 25.9. The molecule has 0 saturated carbocycles. The summed E-state index contributed by atoms with van der Waals surface area (Å²) in [7, 11) is 0. The monoisotopic (exact) mass is 592 g/mol. The number of pyridine rings is 1. The van der Waals surface area contributed by atoms with Crippen LogP contribution in [0.25, 0.3) is 22.2 Å². The van der Waals surface area contributed by atoms with Crippen molar-refractivity contribution in [1.29, 1.82) is 0 Å². The van der Waals surface area contributed by atoms with Gasteiger partial charge in [0, 0.05) is 34.4 Å². The SMILES string of the molecule is CCCCc1cc(C)c2cc(CCCC)n(Cc3ccc(-c4ccccc4N(C(=O)c4ccccc4)S(=O)[O-])cc3)c2n1. The third kappa shape index (κ3) is 6.79. The maximum absolute atomic E-state index is 13.2. The Hall–Kier alpha value is -4.07. The van der Waals surface area contributed by atoms with Gasteiger partial charge in [0.15, 0.2) is 0 Å². The van der Waals surface area contributed by atoms with E-state index in [1.165, 1.54) is 16.6 Å². The predicted octanol–water partition coefficient (Wildman–Crippen LogP) is 8.19. The maximum Gasteiger partial charge on any atom is 0.269 e. The average Bonchev–Trinajstić information content (AvgIpc) is 3.37. The quantitative estimate of drug-likeness (QED) is 0.137. The number of aromatic nitrogens is 2. The largest absolute Gasteiger partial charge is 0.755 e. The molecule has 222 valence electrons. The van der Waals surface area contributed by atoms with Gasteiger partial charge in [-0.1, -0.05) is 87.4 Å². The number of aryl methyl sites for hydroxylation is 3. The van der Waals surface area contributed by atoms with Crippen molar-refractivity contribution in [3.63, 3.8) is 0 Å². The summed E-state index contributed by atoms with van der Waals surface area (Å²) in [6.45, 7) is 7.29. The first-order valence-electron chi connectivity index (χ1n) is 15.1. The topological polar surface area (TPSA) is 78.3 Å². The van der Waals surface area contributed by atoms with Gasteiger partial charge in [0.05, 0.1) is 17.0 Å². The third-order valence-electron chi connectivity index (χ3n) is 7.87. The summed E-state index contributed by atoms with van der Waals surface area (Å²) < 4.78 is 27.9. The molecule has 1 amide bonds. The zero-order valence-electron chi connectivity index (χ0n) is 25.1. The normalized spacial score (nSPS) is 12.0. The number of para-hydroxylation sites is 1. The van der Waals surface area contributed by atoms with Crippen molar-refractivity contribution in [2.75, 3.05) is 4.31 Å². The molecule has 1 atom stereocenters. The highest BCUT2D eigenvalue weighted by molar-refractivity contribution is 7.81.